The maximum absolute atomic E-state index is 13.5. The maximum Gasteiger partial charge on any atom is 0.402 e. The fourth-order valence-electron chi connectivity index (χ4n) is 2.50. The number of rotatable bonds is 4. The number of hydrogen-bond acceptors (Lipinski definition) is 3. The largest absolute Gasteiger partial charge is 0.494 e. The Labute approximate surface area is 119 Å². The second kappa shape index (κ2) is 5.63. The van der Waals surface area contributed by atoms with Crippen LogP contribution in [0.2, 0.25) is 0 Å². The molecule has 1 heterocycles. The molecule has 0 amide bonds. The van der Waals surface area contributed by atoms with Crippen LogP contribution in [0.5, 0.6) is 5.75 Å². The second-order valence-corrected chi connectivity index (χ2v) is 5.08. The number of Topliss-reactive ketones (excluding diaryl/α,β-unsaturated/α-hetero) is 1. The molecule has 0 bridgehead atoms. The predicted octanol–water partition coefficient (Wildman–Crippen LogP) is 2.49. The fourth-order valence-corrected chi connectivity index (χ4v) is 2.50. The van der Waals surface area contributed by atoms with Crippen molar-refractivity contribution in [3.8, 4) is 5.75 Å². The Morgan fingerprint density at radius 1 is 1.43 bits per heavy atom. The number of nitrogens with one attached hydrogen (secondary N) is 1. The van der Waals surface area contributed by atoms with Gasteiger partial charge in [0.15, 0.2) is 17.3 Å². The lowest BCUT2D eigenvalue weighted by molar-refractivity contribution is -0.214. The summed E-state index contributed by atoms with van der Waals surface area (Å²) in [4.78, 5) is 12.1. The van der Waals surface area contributed by atoms with Gasteiger partial charge in [0.05, 0.1) is 7.11 Å². The quantitative estimate of drug-likeness (QED) is 0.869. The number of methoxy groups -OCH3 is 1. The summed E-state index contributed by atoms with van der Waals surface area (Å²) in [6, 6.07) is 3.72. The number of ketones is 1. The molecule has 116 valence electrons. The molecular weight excluding hydrogens is 290 g/mol. The molecule has 1 unspecified atom stereocenters. The van der Waals surface area contributed by atoms with E-state index < -0.39 is 36.2 Å². The zero-order valence-corrected chi connectivity index (χ0v) is 11.4. The summed E-state index contributed by atoms with van der Waals surface area (Å²) < 4.78 is 57.9. The third kappa shape index (κ3) is 2.88. The molecule has 0 aliphatic carbocycles. The van der Waals surface area contributed by atoms with E-state index in [0.29, 0.717) is 0 Å². The van der Waals surface area contributed by atoms with Gasteiger partial charge in [-0.15, -0.1) is 0 Å². The van der Waals surface area contributed by atoms with Crippen molar-refractivity contribution in [2.75, 3.05) is 20.2 Å². The Kier molecular flexibility index (Phi) is 4.22. The molecular formula is C14H15F4NO2. The van der Waals surface area contributed by atoms with Crippen molar-refractivity contribution in [1.82, 2.24) is 5.32 Å². The summed E-state index contributed by atoms with van der Waals surface area (Å²) in [5.74, 6) is -1.66. The molecule has 1 aromatic carbocycles. The molecule has 3 nitrogen and oxygen atoms in total. The molecule has 2 rings (SSSR count). The SMILES string of the molecule is COc1ccc(CC(=O)C2(C(F)(F)F)CCNC2)cc1F. The Balaban J connectivity index is 2.22. The summed E-state index contributed by atoms with van der Waals surface area (Å²) >= 11 is 0. The van der Waals surface area contributed by atoms with E-state index in [4.69, 9.17) is 4.74 Å². The van der Waals surface area contributed by atoms with Crippen LogP contribution < -0.4 is 10.1 Å². The summed E-state index contributed by atoms with van der Waals surface area (Å²) in [5.41, 5.74) is -2.17. The normalized spacial score (nSPS) is 22.3. The van der Waals surface area contributed by atoms with Crippen molar-refractivity contribution >= 4 is 5.78 Å². The van der Waals surface area contributed by atoms with Gasteiger partial charge in [0.1, 0.15) is 5.41 Å². The molecule has 1 N–H and O–H groups in total. The van der Waals surface area contributed by atoms with Crippen LogP contribution in [0.25, 0.3) is 0 Å². The number of carbonyl (C=O) groups excluding carboxylic acids is 1. The molecule has 1 fully saturated rings. The van der Waals surface area contributed by atoms with Gasteiger partial charge in [-0.25, -0.2) is 4.39 Å². The number of halogens is 4. The molecule has 7 heteroatoms. The first-order chi connectivity index (χ1) is 9.80. The summed E-state index contributed by atoms with van der Waals surface area (Å²) in [6.45, 7) is -0.282. The van der Waals surface area contributed by atoms with Crippen LogP contribution in [0.15, 0.2) is 18.2 Å². The van der Waals surface area contributed by atoms with E-state index in [9.17, 15) is 22.4 Å². The van der Waals surface area contributed by atoms with Crippen molar-refractivity contribution < 1.29 is 27.1 Å². The molecule has 1 aliphatic rings. The highest BCUT2D eigenvalue weighted by Crippen LogP contribution is 2.44. The summed E-state index contributed by atoms with van der Waals surface area (Å²) in [6.07, 6.45) is -5.35. The Hall–Kier alpha value is -1.63. The van der Waals surface area contributed by atoms with Gasteiger partial charge in [0, 0.05) is 13.0 Å². The lowest BCUT2D eigenvalue weighted by Crippen LogP contribution is -2.47. The lowest BCUT2D eigenvalue weighted by atomic mass is 9.79. The lowest BCUT2D eigenvalue weighted by Gasteiger charge is -2.29. The van der Waals surface area contributed by atoms with E-state index in [1.165, 1.54) is 19.2 Å². The summed E-state index contributed by atoms with van der Waals surface area (Å²) in [5, 5.41) is 2.58. The van der Waals surface area contributed by atoms with Gasteiger partial charge >= 0.3 is 6.18 Å². The zero-order valence-electron chi connectivity index (χ0n) is 11.4. The van der Waals surface area contributed by atoms with Crippen LogP contribution in [-0.2, 0) is 11.2 Å². The van der Waals surface area contributed by atoms with E-state index in [1.54, 1.807) is 0 Å². The minimum atomic E-state index is -4.61. The van der Waals surface area contributed by atoms with E-state index in [2.05, 4.69) is 5.32 Å². The molecule has 0 radical (unpaired) electrons. The first-order valence-electron chi connectivity index (χ1n) is 6.43. The van der Waals surface area contributed by atoms with Crippen LogP contribution >= 0.6 is 0 Å². The summed E-state index contributed by atoms with van der Waals surface area (Å²) in [7, 11) is 1.28. The Morgan fingerprint density at radius 2 is 2.14 bits per heavy atom. The van der Waals surface area contributed by atoms with Gasteiger partial charge in [-0.3, -0.25) is 4.79 Å². The highest BCUT2D eigenvalue weighted by atomic mass is 19.4. The molecule has 0 saturated carbocycles. The first-order valence-corrected chi connectivity index (χ1v) is 6.43. The highest BCUT2D eigenvalue weighted by molar-refractivity contribution is 5.88. The minimum Gasteiger partial charge on any atom is -0.494 e. The number of hydrogen-bond donors (Lipinski definition) is 1. The van der Waals surface area contributed by atoms with Gasteiger partial charge in [-0.1, -0.05) is 6.07 Å². The highest BCUT2D eigenvalue weighted by Gasteiger charge is 2.60. The third-order valence-corrected chi connectivity index (χ3v) is 3.81. The van der Waals surface area contributed by atoms with Crippen molar-refractivity contribution in [3.05, 3.63) is 29.6 Å². The van der Waals surface area contributed by atoms with Gasteiger partial charge in [0.2, 0.25) is 0 Å². The number of carbonyl (C=O) groups is 1. The van der Waals surface area contributed by atoms with Crippen molar-refractivity contribution in [2.45, 2.75) is 19.0 Å². The van der Waals surface area contributed by atoms with E-state index >= 15 is 0 Å². The number of alkyl halides is 3. The molecule has 0 aromatic heterocycles. The number of ether oxygens (including phenoxy) is 1. The van der Waals surface area contributed by atoms with Gasteiger partial charge < -0.3 is 10.1 Å². The van der Waals surface area contributed by atoms with Gasteiger partial charge in [0.25, 0.3) is 0 Å². The van der Waals surface area contributed by atoms with E-state index in [1.807, 2.05) is 0 Å². The maximum atomic E-state index is 13.5. The Bertz CT molecular complexity index is 536. The second-order valence-electron chi connectivity index (χ2n) is 5.08. The molecule has 1 aromatic rings. The standard InChI is InChI=1S/C14H15F4NO2/c1-21-11-3-2-9(6-10(11)15)7-12(20)13(14(16,17)18)4-5-19-8-13/h2-3,6,19H,4-5,7-8H2,1H3. The smallest absolute Gasteiger partial charge is 0.402 e. The van der Waals surface area contributed by atoms with Crippen LogP contribution in [0.1, 0.15) is 12.0 Å². The minimum absolute atomic E-state index is 0.0146. The predicted molar refractivity (Wildman–Crippen MR) is 67.6 cm³/mol. The van der Waals surface area contributed by atoms with Crippen LogP contribution in [0, 0.1) is 11.2 Å². The molecule has 1 saturated heterocycles. The molecule has 21 heavy (non-hydrogen) atoms. The average Bonchev–Trinajstić information content (AvgIpc) is 2.89. The zero-order chi connectivity index (χ0) is 15.7. The topological polar surface area (TPSA) is 38.3 Å². The third-order valence-electron chi connectivity index (χ3n) is 3.81. The van der Waals surface area contributed by atoms with E-state index in [0.717, 1.165) is 6.07 Å². The fraction of sp³-hybridized carbons (Fsp3) is 0.500. The molecule has 1 aliphatic heterocycles. The van der Waals surface area contributed by atoms with Gasteiger partial charge in [-0.05, 0) is 30.7 Å². The average molecular weight is 305 g/mol. The monoisotopic (exact) mass is 305 g/mol. The molecule has 0 spiro atoms. The van der Waals surface area contributed by atoms with Crippen LogP contribution in [0.3, 0.4) is 0 Å². The Morgan fingerprint density at radius 3 is 2.62 bits per heavy atom. The number of benzene rings is 1. The van der Waals surface area contributed by atoms with Crippen molar-refractivity contribution in [1.29, 1.82) is 0 Å². The van der Waals surface area contributed by atoms with Crippen LogP contribution in [0.4, 0.5) is 17.6 Å². The van der Waals surface area contributed by atoms with Crippen LogP contribution in [-0.4, -0.2) is 32.2 Å². The van der Waals surface area contributed by atoms with Crippen molar-refractivity contribution in [2.24, 2.45) is 5.41 Å². The first kappa shape index (κ1) is 15.8. The van der Waals surface area contributed by atoms with Gasteiger partial charge in [-0.2, -0.15) is 13.2 Å². The van der Waals surface area contributed by atoms with E-state index in [-0.39, 0.29) is 24.3 Å². The van der Waals surface area contributed by atoms with Crippen molar-refractivity contribution in [3.63, 3.8) is 0 Å². The molecule has 1 atom stereocenters.